The fourth-order valence-electron chi connectivity index (χ4n) is 4.42. The summed E-state index contributed by atoms with van der Waals surface area (Å²) in [5.41, 5.74) is 2.08. The number of carbonyl (C=O) groups excluding carboxylic acids is 1. The van der Waals surface area contributed by atoms with Gasteiger partial charge in [-0.1, -0.05) is 36.4 Å². The quantitative estimate of drug-likeness (QED) is 0.792. The largest absolute Gasteiger partial charge is 0.338 e. The third-order valence-corrected chi connectivity index (χ3v) is 8.45. The Bertz CT molecular complexity index is 953. The Kier molecular flexibility index (Phi) is 6.34. The number of hydrogen-bond acceptors (Lipinski definition) is 4. The molecule has 1 aromatic heterocycles. The molecule has 2 atom stereocenters. The minimum Gasteiger partial charge on any atom is -0.338 e. The zero-order valence-corrected chi connectivity index (χ0v) is 17.8. The molecule has 0 unspecified atom stereocenters. The molecule has 3 heterocycles. The summed E-state index contributed by atoms with van der Waals surface area (Å²) in [7, 11) is -3.36. The molecule has 1 aromatic carbocycles. The summed E-state index contributed by atoms with van der Waals surface area (Å²) in [5.74, 6) is 0.0637. The standard InChI is InChI=1S/C22H28N4O3S/c27-22(24-12-8-18-5-2-1-3-6-18)25-13-9-20-17-26(16-19-7-4-11-23-15-19)30(28,29)21(20)10-14-25/h1-7,11,15,20-21H,8-10,12-14,16-17H2,(H,24,27)/t20-,21-/m1/s1. The van der Waals surface area contributed by atoms with E-state index in [1.165, 1.54) is 5.56 Å². The second kappa shape index (κ2) is 9.14. The number of likely N-dealkylation sites (tertiary alicyclic amines) is 1. The molecular formula is C22H28N4O3S. The third-order valence-electron chi connectivity index (χ3n) is 6.06. The van der Waals surface area contributed by atoms with Crippen LogP contribution < -0.4 is 5.32 Å². The Morgan fingerprint density at radius 1 is 1.07 bits per heavy atom. The molecule has 7 nitrogen and oxygen atoms in total. The van der Waals surface area contributed by atoms with Gasteiger partial charge in [0.1, 0.15) is 0 Å². The number of rotatable bonds is 5. The second-order valence-electron chi connectivity index (χ2n) is 8.03. The van der Waals surface area contributed by atoms with Crippen molar-refractivity contribution in [2.24, 2.45) is 5.92 Å². The predicted octanol–water partition coefficient (Wildman–Crippen LogP) is 2.26. The molecule has 2 amide bonds. The number of aromatic nitrogens is 1. The van der Waals surface area contributed by atoms with Crippen LogP contribution in [0.4, 0.5) is 4.79 Å². The normalized spacial score (nSPS) is 23.5. The lowest BCUT2D eigenvalue weighted by atomic mass is 10.0. The summed E-state index contributed by atoms with van der Waals surface area (Å²) in [5, 5.41) is 2.57. The molecule has 2 fully saturated rings. The van der Waals surface area contributed by atoms with Gasteiger partial charge in [-0.15, -0.1) is 0 Å². The number of pyridine rings is 1. The van der Waals surface area contributed by atoms with Crippen molar-refractivity contribution in [1.82, 2.24) is 19.5 Å². The molecule has 1 N–H and O–H groups in total. The van der Waals surface area contributed by atoms with Gasteiger partial charge in [-0.05, 0) is 42.4 Å². The van der Waals surface area contributed by atoms with Crippen molar-refractivity contribution in [2.45, 2.75) is 31.1 Å². The molecule has 2 aromatic rings. The van der Waals surface area contributed by atoms with Crippen LogP contribution in [0, 0.1) is 5.92 Å². The van der Waals surface area contributed by atoms with Gasteiger partial charge in [0.15, 0.2) is 0 Å². The number of sulfonamides is 1. The molecule has 0 saturated carbocycles. The van der Waals surface area contributed by atoms with Crippen LogP contribution in [0.15, 0.2) is 54.9 Å². The van der Waals surface area contributed by atoms with Gasteiger partial charge in [0.05, 0.1) is 5.25 Å². The van der Waals surface area contributed by atoms with Crippen molar-refractivity contribution in [1.29, 1.82) is 0 Å². The lowest BCUT2D eigenvalue weighted by molar-refractivity contribution is 0.198. The maximum atomic E-state index is 13.1. The third kappa shape index (κ3) is 4.65. The second-order valence-corrected chi connectivity index (χ2v) is 10.2. The van der Waals surface area contributed by atoms with Crippen molar-refractivity contribution in [3.05, 3.63) is 66.0 Å². The van der Waals surface area contributed by atoms with Crippen LogP contribution >= 0.6 is 0 Å². The highest BCUT2D eigenvalue weighted by Crippen LogP contribution is 2.35. The fraction of sp³-hybridized carbons (Fsp3) is 0.455. The maximum absolute atomic E-state index is 13.1. The zero-order valence-electron chi connectivity index (χ0n) is 17.0. The number of hydrogen-bond donors (Lipinski definition) is 1. The highest BCUT2D eigenvalue weighted by molar-refractivity contribution is 7.90. The monoisotopic (exact) mass is 428 g/mol. The number of fused-ring (bicyclic) bond motifs is 1. The minimum absolute atomic E-state index is 0.0637. The Morgan fingerprint density at radius 2 is 1.83 bits per heavy atom. The topological polar surface area (TPSA) is 82.6 Å². The van der Waals surface area contributed by atoms with Gasteiger partial charge in [-0.3, -0.25) is 4.98 Å². The van der Waals surface area contributed by atoms with Crippen LogP contribution in [0.1, 0.15) is 24.0 Å². The van der Waals surface area contributed by atoms with E-state index >= 15 is 0 Å². The molecule has 8 heteroatoms. The fourth-order valence-corrected chi connectivity index (χ4v) is 6.64. The van der Waals surface area contributed by atoms with Crippen LogP contribution in [-0.2, 0) is 23.0 Å². The van der Waals surface area contributed by atoms with E-state index in [-0.39, 0.29) is 11.9 Å². The zero-order chi connectivity index (χ0) is 21.0. The molecule has 2 aliphatic heterocycles. The van der Waals surface area contributed by atoms with Gasteiger partial charge >= 0.3 is 6.03 Å². The van der Waals surface area contributed by atoms with Gasteiger partial charge < -0.3 is 10.2 Å². The number of carbonyl (C=O) groups is 1. The number of urea groups is 1. The van der Waals surface area contributed by atoms with Crippen molar-refractivity contribution in [3.8, 4) is 0 Å². The van der Waals surface area contributed by atoms with Gasteiger partial charge in [0.25, 0.3) is 0 Å². The lowest BCUT2D eigenvalue weighted by Crippen LogP contribution is -2.42. The van der Waals surface area contributed by atoms with Gasteiger partial charge in [0, 0.05) is 45.1 Å². The molecule has 0 spiro atoms. The molecule has 30 heavy (non-hydrogen) atoms. The maximum Gasteiger partial charge on any atom is 0.317 e. The molecular weight excluding hydrogens is 400 g/mol. The molecule has 4 rings (SSSR count). The Balaban J connectivity index is 1.31. The lowest BCUT2D eigenvalue weighted by Gasteiger charge is -2.22. The summed E-state index contributed by atoms with van der Waals surface area (Å²) in [4.78, 5) is 18.4. The van der Waals surface area contributed by atoms with Crippen LogP contribution in [-0.4, -0.2) is 60.1 Å². The Hall–Kier alpha value is -2.45. The Labute approximate surface area is 178 Å². The molecule has 0 aliphatic carbocycles. The minimum atomic E-state index is -3.36. The summed E-state index contributed by atoms with van der Waals surface area (Å²) < 4.78 is 27.7. The van der Waals surface area contributed by atoms with Crippen molar-refractivity contribution in [3.63, 3.8) is 0 Å². The Morgan fingerprint density at radius 3 is 2.60 bits per heavy atom. The smallest absolute Gasteiger partial charge is 0.317 e. The first-order valence-corrected chi connectivity index (χ1v) is 12.0. The number of nitrogens with zero attached hydrogens (tertiary/aromatic N) is 3. The average Bonchev–Trinajstić information content (AvgIpc) is 2.89. The summed E-state index contributed by atoms with van der Waals surface area (Å²) in [6.07, 6.45) is 5.38. The van der Waals surface area contributed by atoms with Crippen LogP contribution in [0.3, 0.4) is 0 Å². The number of nitrogens with one attached hydrogen (secondary N) is 1. The van der Waals surface area contributed by atoms with Crippen molar-refractivity contribution < 1.29 is 13.2 Å². The van der Waals surface area contributed by atoms with Crippen molar-refractivity contribution >= 4 is 16.1 Å². The van der Waals surface area contributed by atoms with E-state index < -0.39 is 15.3 Å². The van der Waals surface area contributed by atoms with Crippen molar-refractivity contribution in [2.75, 3.05) is 26.2 Å². The average molecular weight is 429 g/mol. The van der Waals surface area contributed by atoms with Gasteiger partial charge in [0.2, 0.25) is 10.0 Å². The van der Waals surface area contributed by atoms with E-state index in [2.05, 4.69) is 10.3 Å². The number of amides is 2. The summed E-state index contributed by atoms with van der Waals surface area (Å²) in [6, 6.07) is 13.7. The van der Waals surface area contributed by atoms with E-state index in [0.717, 1.165) is 12.0 Å². The van der Waals surface area contributed by atoms with E-state index in [1.807, 2.05) is 42.5 Å². The first-order valence-electron chi connectivity index (χ1n) is 10.5. The van der Waals surface area contributed by atoms with E-state index in [9.17, 15) is 13.2 Å². The van der Waals surface area contributed by atoms with Gasteiger partial charge in [-0.2, -0.15) is 4.31 Å². The first-order chi connectivity index (χ1) is 14.5. The highest BCUT2D eigenvalue weighted by Gasteiger charge is 2.47. The first kappa shape index (κ1) is 20.8. The SMILES string of the molecule is O=C(NCCc1ccccc1)N1CC[C@@H]2CN(Cc3cccnc3)S(=O)(=O)[C@@H]2CC1. The summed E-state index contributed by atoms with van der Waals surface area (Å²) in [6.45, 7) is 2.52. The molecule has 0 radical (unpaired) electrons. The van der Waals surface area contributed by atoms with E-state index in [4.69, 9.17) is 0 Å². The van der Waals surface area contributed by atoms with Crippen LogP contribution in [0.25, 0.3) is 0 Å². The summed E-state index contributed by atoms with van der Waals surface area (Å²) >= 11 is 0. The molecule has 160 valence electrons. The van der Waals surface area contributed by atoms with Gasteiger partial charge in [-0.25, -0.2) is 13.2 Å². The molecule has 2 saturated heterocycles. The van der Waals surface area contributed by atoms with E-state index in [1.54, 1.807) is 21.6 Å². The van der Waals surface area contributed by atoms with E-state index in [0.29, 0.717) is 45.6 Å². The predicted molar refractivity (Wildman–Crippen MR) is 115 cm³/mol. The highest BCUT2D eigenvalue weighted by atomic mass is 32.2. The molecule has 0 bridgehead atoms. The number of benzene rings is 1. The molecule has 2 aliphatic rings. The van der Waals surface area contributed by atoms with Crippen LogP contribution in [0.5, 0.6) is 0 Å². The van der Waals surface area contributed by atoms with Crippen LogP contribution in [0.2, 0.25) is 0 Å².